The first kappa shape index (κ1) is 11.3. The maximum absolute atomic E-state index is 12.5. The number of hydrogen-bond donors (Lipinski definition) is 1. The quantitative estimate of drug-likeness (QED) is 0.757. The minimum Gasteiger partial charge on any atom is -0.453 e. The van der Waals surface area contributed by atoms with Crippen LogP contribution in [0.15, 0.2) is 41.2 Å². The van der Waals surface area contributed by atoms with Gasteiger partial charge in [0.2, 0.25) is 12.5 Å². The minimum atomic E-state index is -0.392. The van der Waals surface area contributed by atoms with Crippen LogP contribution in [0.1, 0.15) is 11.3 Å². The normalized spacial score (nSPS) is 23.2. The third kappa shape index (κ3) is 1.26. The number of benzene rings is 1. The number of para-hydroxylation sites is 1. The number of aromatic nitrogens is 1. The number of nitrogens with zero attached hydrogens (tertiary/aromatic N) is 1. The molecule has 0 radical (unpaired) electrons. The van der Waals surface area contributed by atoms with Gasteiger partial charge in [-0.3, -0.25) is 9.36 Å². The summed E-state index contributed by atoms with van der Waals surface area (Å²) in [5.74, 6) is 0.823. The molecule has 1 atom stereocenters. The van der Waals surface area contributed by atoms with Crippen molar-refractivity contribution in [2.45, 2.75) is 4.75 Å². The summed E-state index contributed by atoms with van der Waals surface area (Å²) in [6, 6.07) is 10.0. The Bertz CT molecular complexity index is 874. The fourth-order valence-electron chi connectivity index (χ4n) is 3.07. The highest BCUT2D eigenvalue weighted by atomic mass is 32.2. The molecule has 0 saturated heterocycles. The maximum Gasteiger partial charge on any atom is 0.301 e. The van der Waals surface area contributed by atoms with Gasteiger partial charge in [-0.25, -0.2) is 0 Å². The van der Waals surface area contributed by atoms with Crippen molar-refractivity contribution >= 4 is 23.8 Å². The molecule has 0 saturated carbocycles. The van der Waals surface area contributed by atoms with Crippen molar-refractivity contribution in [2.75, 3.05) is 11.5 Å². The Morgan fingerprint density at radius 2 is 2.19 bits per heavy atom. The van der Waals surface area contributed by atoms with E-state index in [9.17, 15) is 4.79 Å². The van der Waals surface area contributed by atoms with E-state index >= 15 is 0 Å². The molecule has 2 aromatic rings. The van der Waals surface area contributed by atoms with Crippen LogP contribution in [-0.2, 0) is 4.75 Å². The number of ether oxygens (including phenoxy) is 2. The second kappa shape index (κ2) is 3.65. The Hall–Kier alpha value is -2.34. The molecule has 0 fully saturated rings. The Morgan fingerprint density at radius 3 is 3.14 bits per heavy atom. The molecule has 4 heterocycles. The lowest BCUT2D eigenvalue weighted by atomic mass is 9.94. The van der Waals surface area contributed by atoms with Crippen molar-refractivity contribution < 1.29 is 9.47 Å². The van der Waals surface area contributed by atoms with E-state index in [-0.39, 0.29) is 12.4 Å². The van der Waals surface area contributed by atoms with Crippen LogP contribution < -0.4 is 19.8 Å². The van der Waals surface area contributed by atoms with E-state index in [1.54, 1.807) is 16.5 Å². The largest absolute Gasteiger partial charge is 0.453 e. The molecule has 104 valence electrons. The number of rotatable bonds is 0. The first-order chi connectivity index (χ1) is 10.3. The Morgan fingerprint density at radius 1 is 1.29 bits per heavy atom. The van der Waals surface area contributed by atoms with E-state index in [2.05, 4.69) is 10.8 Å². The fourth-order valence-corrected chi connectivity index (χ4v) is 4.20. The summed E-state index contributed by atoms with van der Waals surface area (Å²) >= 11 is 1.59. The summed E-state index contributed by atoms with van der Waals surface area (Å²) in [6.07, 6.45) is 3.86. The SMILES string of the molecule is O=c1c2c(cc3n1C=CC31SNc3ccccc31)OCO2. The lowest BCUT2D eigenvalue weighted by Gasteiger charge is -2.21. The van der Waals surface area contributed by atoms with Gasteiger partial charge >= 0.3 is 5.56 Å². The van der Waals surface area contributed by atoms with Gasteiger partial charge < -0.3 is 14.2 Å². The van der Waals surface area contributed by atoms with E-state index in [4.69, 9.17) is 9.47 Å². The fraction of sp³-hybridized carbons (Fsp3) is 0.133. The molecule has 1 spiro atoms. The van der Waals surface area contributed by atoms with Gasteiger partial charge in [0.1, 0.15) is 4.75 Å². The third-order valence-electron chi connectivity index (χ3n) is 4.07. The second-order valence-electron chi connectivity index (χ2n) is 5.11. The molecule has 5 nitrogen and oxygen atoms in total. The van der Waals surface area contributed by atoms with Crippen molar-refractivity contribution in [3.05, 3.63) is 58.0 Å². The van der Waals surface area contributed by atoms with Crippen LogP contribution in [0, 0.1) is 0 Å². The van der Waals surface area contributed by atoms with Crippen LogP contribution in [0.25, 0.3) is 6.20 Å². The molecule has 6 heteroatoms. The molecule has 0 bridgehead atoms. The van der Waals surface area contributed by atoms with Gasteiger partial charge in [0, 0.05) is 23.5 Å². The number of nitrogens with one attached hydrogen (secondary N) is 1. The lowest BCUT2D eigenvalue weighted by Crippen LogP contribution is -2.24. The van der Waals surface area contributed by atoms with Crippen molar-refractivity contribution in [3.8, 4) is 11.5 Å². The first-order valence-corrected chi connectivity index (χ1v) is 7.40. The van der Waals surface area contributed by atoms with Gasteiger partial charge in [0.05, 0.1) is 5.69 Å². The van der Waals surface area contributed by atoms with Crippen molar-refractivity contribution in [1.29, 1.82) is 0 Å². The standard InChI is InChI=1S/C15H10N2O3S/c18-14-13-11(19-8-20-13)7-12-15(5-6-17(12)14)9-3-1-2-4-10(9)16-21-15/h1-7,16H,8H2. The first-order valence-electron chi connectivity index (χ1n) is 6.58. The third-order valence-corrected chi connectivity index (χ3v) is 5.28. The lowest BCUT2D eigenvalue weighted by molar-refractivity contribution is 0.173. The zero-order valence-electron chi connectivity index (χ0n) is 10.8. The molecule has 1 N–H and O–H groups in total. The van der Waals surface area contributed by atoms with Crippen LogP contribution in [0.3, 0.4) is 0 Å². The maximum atomic E-state index is 12.5. The molecular weight excluding hydrogens is 288 g/mol. The van der Waals surface area contributed by atoms with Gasteiger partial charge in [0.25, 0.3) is 0 Å². The molecule has 0 aliphatic carbocycles. The molecule has 1 unspecified atom stereocenters. The smallest absolute Gasteiger partial charge is 0.301 e. The summed E-state index contributed by atoms with van der Waals surface area (Å²) in [6.45, 7) is 0.104. The summed E-state index contributed by atoms with van der Waals surface area (Å²) in [5, 5.41) is 0. The summed E-state index contributed by atoms with van der Waals surface area (Å²) in [5.41, 5.74) is 2.94. The average molecular weight is 298 g/mol. The van der Waals surface area contributed by atoms with E-state index in [0.717, 1.165) is 16.9 Å². The predicted octanol–water partition coefficient (Wildman–Crippen LogP) is 2.38. The average Bonchev–Trinajstić information content (AvgIpc) is 3.20. The second-order valence-corrected chi connectivity index (χ2v) is 6.16. The molecule has 3 aliphatic heterocycles. The van der Waals surface area contributed by atoms with Gasteiger partial charge in [-0.1, -0.05) is 18.2 Å². The van der Waals surface area contributed by atoms with Gasteiger partial charge in [0.15, 0.2) is 5.75 Å². The molecule has 1 aromatic carbocycles. The Kier molecular flexibility index (Phi) is 1.97. The van der Waals surface area contributed by atoms with E-state index in [0.29, 0.717) is 11.5 Å². The number of pyridine rings is 1. The summed E-state index contributed by atoms with van der Waals surface area (Å²) in [7, 11) is 0. The molecule has 5 rings (SSSR count). The molecular formula is C15H10N2O3S. The topological polar surface area (TPSA) is 52.5 Å². The van der Waals surface area contributed by atoms with Gasteiger partial charge in [-0.2, -0.15) is 0 Å². The Balaban J connectivity index is 1.82. The minimum absolute atomic E-state index is 0.104. The van der Waals surface area contributed by atoms with Crippen LogP contribution in [0.2, 0.25) is 0 Å². The van der Waals surface area contributed by atoms with Crippen LogP contribution in [0.4, 0.5) is 5.69 Å². The zero-order chi connectivity index (χ0) is 14.0. The summed E-state index contributed by atoms with van der Waals surface area (Å²) < 4.78 is 15.3. The van der Waals surface area contributed by atoms with E-state index in [1.165, 1.54) is 0 Å². The highest BCUT2D eigenvalue weighted by molar-refractivity contribution is 8.02. The highest BCUT2D eigenvalue weighted by Crippen LogP contribution is 2.55. The van der Waals surface area contributed by atoms with Gasteiger partial charge in [-0.05, 0) is 24.1 Å². The van der Waals surface area contributed by atoms with Crippen molar-refractivity contribution in [3.63, 3.8) is 0 Å². The summed E-state index contributed by atoms with van der Waals surface area (Å²) in [4.78, 5) is 12.5. The van der Waals surface area contributed by atoms with Gasteiger partial charge in [-0.15, -0.1) is 0 Å². The van der Waals surface area contributed by atoms with E-state index in [1.807, 2.05) is 36.5 Å². The van der Waals surface area contributed by atoms with Crippen LogP contribution >= 0.6 is 11.9 Å². The van der Waals surface area contributed by atoms with Crippen LogP contribution in [-0.4, -0.2) is 11.4 Å². The Labute approximate surface area is 124 Å². The predicted molar refractivity (Wildman–Crippen MR) is 80.6 cm³/mol. The monoisotopic (exact) mass is 298 g/mol. The van der Waals surface area contributed by atoms with E-state index < -0.39 is 4.75 Å². The number of anilines is 1. The molecule has 21 heavy (non-hydrogen) atoms. The number of hydrogen-bond acceptors (Lipinski definition) is 5. The zero-order valence-corrected chi connectivity index (χ0v) is 11.6. The van der Waals surface area contributed by atoms with Crippen molar-refractivity contribution in [1.82, 2.24) is 4.57 Å². The molecule has 0 amide bonds. The molecule has 3 aliphatic rings. The van der Waals surface area contributed by atoms with Crippen molar-refractivity contribution in [2.24, 2.45) is 0 Å². The number of fused-ring (bicyclic) bond motifs is 5. The highest BCUT2D eigenvalue weighted by Gasteiger charge is 2.45. The van der Waals surface area contributed by atoms with Crippen LogP contribution in [0.5, 0.6) is 11.5 Å². The molecule has 1 aromatic heterocycles.